The van der Waals surface area contributed by atoms with Crippen molar-refractivity contribution in [3.8, 4) is 0 Å². The zero-order valence-electron chi connectivity index (χ0n) is 18.0. The van der Waals surface area contributed by atoms with E-state index in [1.807, 2.05) is 0 Å². The van der Waals surface area contributed by atoms with E-state index in [2.05, 4.69) is 84.9 Å². The van der Waals surface area contributed by atoms with Crippen molar-refractivity contribution in [3.63, 3.8) is 0 Å². The van der Waals surface area contributed by atoms with Crippen LogP contribution in [0.5, 0.6) is 0 Å². The van der Waals surface area contributed by atoms with E-state index in [0.717, 1.165) is 22.3 Å². The minimum Gasteiger partial charge on any atom is -0.223 e. The molecule has 0 saturated heterocycles. The summed E-state index contributed by atoms with van der Waals surface area (Å²) in [5.41, 5.74) is 9.40. The summed E-state index contributed by atoms with van der Waals surface area (Å²) in [7, 11) is 0. The lowest BCUT2D eigenvalue weighted by atomic mass is 9.74. The highest BCUT2D eigenvalue weighted by molar-refractivity contribution is 5.86. The second kappa shape index (κ2) is 6.12. The summed E-state index contributed by atoms with van der Waals surface area (Å²) in [4.78, 5) is 23.6. The van der Waals surface area contributed by atoms with Crippen LogP contribution in [0.15, 0.2) is 84.9 Å². The largest absolute Gasteiger partial charge is 0.223 e. The molecule has 5 aromatic carbocycles. The van der Waals surface area contributed by atoms with Crippen LogP contribution in [0.4, 0.5) is 0 Å². The molecule has 0 N–H and O–H groups in total. The summed E-state index contributed by atoms with van der Waals surface area (Å²) < 4.78 is 0. The van der Waals surface area contributed by atoms with E-state index in [1.165, 1.54) is 43.8 Å². The van der Waals surface area contributed by atoms with E-state index in [1.54, 1.807) is 0 Å². The highest BCUT2D eigenvalue weighted by atomic mass is 17.2. The van der Waals surface area contributed by atoms with Crippen molar-refractivity contribution in [1.29, 1.82) is 0 Å². The monoisotopic (exact) mass is 442 g/mol. The molecule has 6 aliphatic rings. The van der Waals surface area contributed by atoms with Gasteiger partial charge in [-0.2, -0.15) is 0 Å². The third-order valence-corrected chi connectivity index (χ3v) is 7.95. The van der Waals surface area contributed by atoms with E-state index in [4.69, 9.17) is 19.6 Å². The molecule has 4 bridgehead atoms. The van der Waals surface area contributed by atoms with Crippen LogP contribution >= 0.6 is 0 Å². The lowest BCUT2D eigenvalue weighted by Gasteiger charge is -2.43. The van der Waals surface area contributed by atoms with Gasteiger partial charge in [-0.25, -0.2) is 19.6 Å². The van der Waals surface area contributed by atoms with Crippen LogP contribution in [0.2, 0.25) is 0 Å². The molecule has 0 unspecified atom stereocenters. The number of hydrogen-bond acceptors (Lipinski definition) is 4. The Morgan fingerprint density at radius 1 is 0.324 bits per heavy atom. The van der Waals surface area contributed by atoms with Crippen molar-refractivity contribution in [2.45, 2.75) is 24.4 Å². The lowest BCUT2D eigenvalue weighted by Crippen LogP contribution is -2.33. The summed E-state index contributed by atoms with van der Waals surface area (Å²) in [6.07, 6.45) is -0.991. The van der Waals surface area contributed by atoms with Gasteiger partial charge < -0.3 is 0 Å². The Balaban J connectivity index is 1.26. The van der Waals surface area contributed by atoms with Gasteiger partial charge in [-0.3, -0.25) is 0 Å². The number of fused-ring (bicyclic) bond motifs is 4. The minimum absolute atomic E-state index is 0.248. The minimum atomic E-state index is -0.248. The van der Waals surface area contributed by atoms with Gasteiger partial charge in [0.2, 0.25) is 0 Å². The first-order valence-electron chi connectivity index (χ1n) is 11.7. The average molecular weight is 442 g/mol. The zero-order chi connectivity index (χ0) is 22.0. The molecule has 0 saturated carbocycles. The molecule has 2 aliphatic carbocycles. The summed E-state index contributed by atoms with van der Waals surface area (Å²) in [5, 5.41) is 4.86. The molecule has 11 rings (SSSR count). The Hall–Kier alpha value is -3.54. The molecule has 4 heteroatoms. The molecule has 4 atom stereocenters. The van der Waals surface area contributed by atoms with Gasteiger partial charge in [0.25, 0.3) is 0 Å². The lowest BCUT2D eigenvalue weighted by molar-refractivity contribution is -0.363. The standard InChI is InChI=1S/C30H18O4/c1-2-6-16-10-20-19(9-15(16)5-1)27-23-13-25-26(14-24(23)28(20)32-31-27)30-22-12-18-8-4-3-7-17(18)11-21(22)29(25)33-34-30/h1-14,27-30H/t27-,28+,29+,30-. The summed E-state index contributed by atoms with van der Waals surface area (Å²) in [6.45, 7) is 0. The van der Waals surface area contributed by atoms with Gasteiger partial charge in [0, 0.05) is 0 Å². The molecule has 34 heavy (non-hydrogen) atoms. The summed E-state index contributed by atoms with van der Waals surface area (Å²) in [5.74, 6) is 0. The molecule has 162 valence electrons. The molecule has 0 aromatic heterocycles. The molecule has 0 fully saturated rings. The summed E-state index contributed by atoms with van der Waals surface area (Å²) in [6, 6.07) is 30.4. The number of hydrogen-bond donors (Lipinski definition) is 0. The maximum absolute atomic E-state index is 5.90. The van der Waals surface area contributed by atoms with Crippen molar-refractivity contribution in [3.05, 3.63) is 129 Å². The van der Waals surface area contributed by atoms with Crippen molar-refractivity contribution in [2.24, 2.45) is 0 Å². The van der Waals surface area contributed by atoms with Crippen molar-refractivity contribution in [2.75, 3.05) is 0 Å². The highest BCUT2D eigenvalue weighted by Gasteiger charge is 2.46. The van der Waals surface area contributed by atoms with Crippen molar-refractivity contribution < 1.29 is 19.6 Å². The molecule has 0 radical (unpaired) electrons. The van der Waals surface area contributed by atoms with Crippen LogP contribution < -0.4 is 0 Å². The predicted octanol–water partition coefficient (Wildman–Crippen LogP) is 6.90. The molecular formula is C30H18O4. The van der Waals surface area contributed by atoms with Gasteiger partial charge in [0.05, 0.1) is 0 Å². The van der Waals surface area contributed by atoms with Crippen LogP contribution in [-0.4, -0.2) is 0 Å². The Morgan fingerprint density at radius 3 is 0.824 bits per heavy atom. The van der Waals surface area contributed by atoms with Crippen LogP contribution in [-0.2, 0) is 19.6 Å². The second-order valence-corrected chi connectivity index (χ2v) is 9.67. The van der Waals surface area contributed by atoms with E-state index in [9.17, 15) is 0 Å². The Morgan fingerprint density at radius 2 is 0.559 bits per heavy atom. The molecule has 0 spiro atoms. The average Bonchev–Trinajstić information content (AvgIpc) is 2.90. The second-order valence-electron chi connectivity index (χ2n) is 9.67. The first-order chi connectivity index (χ1) is 16.8. The van der Waals surface area contributed by atoms with Crippen LogP contribution in [0.3, 0.4) is 0 Å². The number of rotatable bonds is 0. The topological polar surface area (TPSA) is 36.9 Å². The van der Waals surface area contributed by atoms with E-state index >= 15 is 0 Å². The van der Waals surface area contributed by atoms with Gasteiger partial charge in [-0.1, -0.05) is 48.5 Å². The highest BCUT2D eigenvalue weighted by Crippen LogP contribution is 2.56. The van der Waals surface area contributed by atoms with E-state index in [-0.39, 0.29) is 24.4 Å². The molecule has 4 aliphatic heterocycles. The third kappa shape index (κ3) is 2.13. The first kappa shape index (κ1) is 17.9. The molecule has 4 heterocycles. The fourth-order valence-corrected chi connectivity index (χ4v) is 6.34. The normalized spacial score (nSPS) is 25.2. The molecule has 5 aromatic rings. The zero-order valence-corrected chi connectivity index (χ0v) is 18.0. The van der Waals surface area contributed by atoms with Crippen LogP contribution in [0, 0.1) is 0 Å². The Labute approximate surface area is 195 Å². The van der Waals surface area contributed by atoms with Crippen molar-refractivity contribution in [1.82, 2.24) is 0 Å². The van der Waals surface area contributed by atoms with Crippen molar-refractivity contribution >= 4 is 21.5 Å². The van der Waals surface area contributed by atoms with Gasteiger partial charge >= 0.3 is 0 Å². The Kier molecular flexibility index (Phi) is 3.22. The summed E-state index contributed by atoms with van der Waals surface area (Å²) >= 11 is 0. The molecular weight excluding hydrogens is 424 g/mol. The van der Waals surface area contributed by atoms with Gasteiger partial charge in [0.1, 0.15) is 24.4 Å². The number of benzene rings is 5. The third-order valence-electron chi connectivity index (χ3n) is 7.95. The predicted molar refractivity (Wildman–Crippen MR) is 126 cm³/mol. The van der Waals surface area contributed by atoms with E-state index in [0.29, 0.717) is 0 Å². The van der Waals surface area contributed by atoms with Crippen LogP contribution in [0.1, 0.15) is 68.9 Å². The van der Waals surface area contributed by atoms with E-state index < -0.39 is 0 Å². The van der Waals surface area contributed by atoms with Gasteiger partial charge in [0.15, 0.2) is 0 Å². The quantitative estimate of drug-likeness (QED) is 0.245. The fraction of sp³-hybridized carbons (Fsp3) is 0.133. The maximum Gasteiger partial charge on any atom is 0.144 e. The van der Waals surface area contributed by atoms with Gasteiger partial charge in [-0.05, 0) is 102 Å². The SMILES string of the molecule is c1ccc2cc3c(cc2c1)[C@@H]1OO[C@H]3c2cc3c(cc21)[C@@H]1OO[C@H]3c2cc3ccccc3cc21. The first-order valence-corrected chi connectivity index (χ1v) is 11.7. The smallest absolute Gasteiger partial charge is 0.144 e. The molecule has 4 nitrogen and oxygen atoms in total. The Bertz CT molecular complexity index is 1460. The van der Waals surface area contributed by atoms with Crippen LogP contribution in [0.25, 0.3) is 21.5 Å². The maximum atomic E-state index is 5.90. The molecule has 0 amide bonds. The van der Waals surface area contributed by atoms with Gasteiger partial charge in [-0.15, -0.1) is 0 Å². The fourth-order valence-electron chi connectivity index (χ4n) is 6.34.